The van der Waals surface area contributed by atoms with E-state index in [1.807, 2.05) is 19.9 Å². The van der Waals surface area contributed by atoms with Crippen LogP contribution in [0, 0.1) is 6.92 Å². The first-order valence-electron chi connectivity index (χ1n) is 5.24. The lowest BCUT2D eigenvalue weighted by molar-refractivity contribution is -0.117. The molecule has 0 saturated heterocycles. The molecule has 16 heavy (non-hydrogen) atoms. The first-order valence-corrected chi connectivity index (χ1v) is 6.03. The first-order chi connectivity index (χ1) is 7.54. The molecule has 0 spiro atoms. The Morgan fingerprint density at radius 2 is 2.31 bits per heavy atom. The number of hydrogen-bond donors (Lipinski definition) is 2. The van der Waals surface area contributed by atoms with Crippen molar-refractivity contribution in [2.75, 3.05) is 5.32 Å². The highest BCUT2D eigenvalue weighted by Crippen LogP contribution is 2.16. The van der Waals surface area contributed by atoms with Crippen molar-refractivity contribution in [3.8, 4) is 0 Å². The Hall–Kier alpha value is -0.940. The molecule has 0 aliphatic rings. The van der Waals surface area contributed by atoms with Gasteiger partial charge >= 0.3 is 0 Å². The van der Waals surface area contributed by atoms with Crippen molar-refractivity contribution in [2.24, 2.45) is 5.73 Å². The molecule has 3 N–H and O–H groups in total. The molecule has 1 amide bonds. The van der Waals surface area contributed by atoms with E-state index in [1.54, 1.807) is 6.07 Å². The Kier molecular flexibility index (Phi) is 4.89. The molecular weight excluding hydrogens is 270 g/mol. The molecular formula is C11H16BrN3O. The van der Waals surface area contributed by atoms with E-state index in [9.17, 15) is 4.79 Å². The number of nitrogens with two attached hydrogens (primary N) is 1. The Morgan fingerprint density at radius 1 is 1.62 bits per heavy atom. The van der Waals surface area contributed by atoms with Crippen LogP contribution in [0.15, 0.2) is 16.6 Å². The van der Waals surface area contributed by atoms with Crippen LogP contribution < -0.4 is 11.1 Å². The number of hydrogen-bond acceptors (Lipinski definition) is 3. The number of pyridine rings is 1. The maximum atomic E-state index is 11.6. The van der Waals surface area contributed by atoms with E-state index in [0.717, 1.165) is 16.6 Å². The molecule has 4 nitrogen and oxygen atoms in total. The van der Waals surface area contributed by atoms with Gasteiger partial charge in [0.2, 0.25) is 5.91 Å². The lowest BCUT2D eigenvalue weighted by Gasteiger charge is -2.11. The molecule has 1 atom stereocenters. The minimum absolute atomic E-state index is 0.184. The molecule has 0 unspecified atom stereocenters. The van der Waals surface area contributed by atoms with Crippen LogP contribution in [0.25, 0.3) is 0 Å². The SMILES string of the molecule is CCC[C@H](N)C(=O)Nc1ccc(Br)c(C)n1. The third-order valence-corrected chi connectivity index (χ3v) is 3.05. The van der Waals surface area contributed by atoms with E-state index in [0.29, 0.717) is 12.2 Å². The highest BCUT2D eigenvalue weighted by atomic mass is 79.9. The molecule has 0 saturated carbocycles. The summed E-state index contributed by atoms with van der Waals surface area (Å²) in [5.74, 6) is 0.355. The van der Waals surface area contributed by atoms with Crippen LogP contribution in [-0.4, -0.2) is 16.9 Å². The monoisotopic (exact) mass is 285 g/mol. The van der Waals surface area contributed by atoms with Gasteiger partial charge in [-0.1, -0.05) is 13.3 Å². The lowest BCUT2D eigenvalue weighted by Crippen LogP contribution is -2.35. The molecule has 0 radical (unpaired) electrons. The number of nitrogens with one attached hydrogen (secondary N) is 1. The summed E-state index contributed by atoms with van der Waals surface area (Å²) in [5, 5.41) is 2.70. The third kappa shape index (κ3) is 3.57. The van der Waals surface area contributed by atoms with Crippen molar-refractivity contribution in [1.82, 2.24) is 4.98 Å². The van der Waals surface area contributed by atoms with Gasteiger partial charge < -0.3 is 11.1 Å². The summed E-state index contributed by atoms with van der Waals surface area (Å²) in [5.41, 5.74) is 6.53. The average molecular weight is 286 g/mol. The molecule has 0 aromatic carbocycles. The number of carbonyl (C=O) groups excluding carboxylic acids is 1. The van der Waals surface area contributed by atoms with Gasteiger partial charge in [0, 0.05) is 4.47 Å². The van der Waals surface area contributed by atoms with Gasteiger partial charge in [-0.3, -0.25) is 4.79 Å². The second-order valence-electron chi connectivity index (χ2n) is 3.65. The van der Waals surface area contributed by atoms with E-state index in [1.165, 1.54) is 0 Å². The summed E-state index contributed by atoms with van der Waals surface area (Å²) in [4.78, 5) is 15.8. The van der Waals surface area contributed by atoms with Crippen LogP contribution >= 0.6 is 15.9 Å². The fourth-order valence-corrected chi connectivity index (χ4v) is 1.50. The summed E-state index contributed by atoms with van der Waals surface area (Å²) < 4.78 is 0.920. The largest absolute Gasteiger partial charge is 0.320 e. The number of aromatic nitrogens is 1. The number of aryl methyl sites for hydroxylation is 1. The first kappa shape index (κ1) is 13.1. The van der Waals surface area contributed by atoms with Gasteiger partial charge in [0.1, 0.15) is 5.82 Å². The molecule has 1 aromatic rings. The lowest BCUT2D eigenvalue weighted by atomic mass is 10.2. The van der Waals surface area contributed by atoms with Gasteiger partial charge in [0.25, 0.3) is 0 Å². The van der Waals surface area contributed by atoms with Crippen LogP contribution in [0.2, 0.25) is 0 Å². The van der Waals surface area contributed by atoms with Crippen LogP contribution in [0.1, 0.15) is 25.5 Å². The van der Waals surface area contributed by atoms with E-state index in [-0.39, 0.29) is 5.91 Å². The fourth-order valence-electron chi connectivity index (χ4n) is 1.27. The Balaban J connectivity index is 2.66. The summed E-state index contributed by atoms with van der Waals surface area (Å²) in [6.07, 6.45) is 1.57. The predicted molar refractivity (Wildman–Crippen MR) is 68.2 cm³/mol. The maximum Gasteiger partial charge on any atom is 0.242 e. The van der Waals surface area contributed by atoms with Crippen LogP contribution in [-0.2, 0) is 4.79 Å². The minimum Gasteiger partial charge on any atom is -0.320 e. The van der Waals surface area contributed by atoms with Crippen molar-refractivity contribution in [3.05, 3.63) is 22.3 Å². The predicted octanol–water partition coefficient (Wildman–Crippen LogP) is 2.22. The van der Waals surface area contributed by atoms with Gasteiger partial charge in [-0.05, 0) is 41.4 Å². The zero-order valence-electron chi connectivity index (χ0n) is 9.46. The number of halogens is 1. The molecule has 1 aromatic heterocycles. The van der Waals surface area contributed by atoms with Gasteiger partial charge in [0.05, 0.1) is 11.7 Å². The van der Waals surface area contributed by atoms with Gasteiger partial charge in [-0.25, -0.2) is 4.98 Å². The molecule has 0 bridgehead atoms. The molecule has 1 heterocycles. The Bertz CT molecular complexity index is 381. The second kappa shape index (κ2) is 5.96. The van der Waals surface area contributed by atoms with Crippen LogP contribution in [0.5, 0.6) is 0 Å². The topological polar surface area (TPSA) is 68.0 Å². The minimum atomic E-state index is -0.462. The number of amides is 1. The summed E-state index contributed by atoms with van der Waals surface area (Å²) in [6.45, 7) is 3.86. The highest BCUT2D eigenvalue weighted by Gasteiger charge is 2.12. The number of nitrogens with zero attached hydrogens (tertiary/aromatic N) is 1. The van der Waals surface area contributed by atoms with Crippen LogP contribution in [0.3, 0.4) is 0 Å². The van der Waals surface area contributed by atoms with E-state index in [4.69, 9.17) is 5.73 Å². The Morgan fingerprint density at radius 3 is 2.88 bits per heavy atom. The van der Waals surface area contributed by atoms with Crippen molar-refractivity contribution in [3.63, 3.8) is 0 Å². The van der Waals surface area contributed by atoms with Gasteiger partial charge in [-0.15, -0.1) is 0 Å². The van der Waals surface area contributed by atoms with E-state index < -0.39 is 6.04 Å². The number of rotatable bonds is 4. The van der Waals surface area contributed by atoms with Crippen LogP contribution in [0.4, 0.5) is 5.82 Å². The van der Waals surface area contributed by atoms with Crippen molar-refractivity contribution in [2.45, 2.75) is 32.7 Å². The zero-order valence-corrected chi connectivity index (χ0v) is 11.0. The number of anilines is 1. The van der Waals surface area contributed by atoms with E-state index in [2.05, 4.69) is 26.2 Å². The molecule has 5 heteroatoms. The highest BCUT2D eigenvalue weighted by molar-refractivity contribution is 9.10. The molecule has 0 aliphatic carbocycles. The second-order valence-corrected chi connectivity index (χ2v) is 4.50. The molecule has 1 rings (SSSR count). The van der Waals surface area contributed by atoms with E-state index >= 15 is 0 Å². The number of carbonyl (C=O) groups is 1. The Labute approximate surface area is 104 Å². The quantitative estimate of drug-likeness (QED) is 0.891. The van der Waals surface area contributed by atoms with Gasteiger partial charge in [-0.2, -0.15) is 0 Å². The van der Waals surface area contributed by atoms with Crippen molar-refractivity contribution in [1.29, 1.82) is 0 Å². The van der Waals surface area contributed by atoms with Crippen molar-refractivity contribution >= 4 is 27.7 Å². The molecule has 0 fully saturated rings. The normalized spacial score (nSPS) is 12.2. The maximum absolute atomic E-state index is 11.6. The summed E-state index contributed by atoms with van der Waals surface area (Å²) in [7, 11) is 0. The molecule has 0 aliphatic heterocycles. The van der Waals surface area contributed by atoms with Gasteiger partial charge in [0.15, 0.2) is 0 Å². The smallest absolute Gasteiger partial charge is 0.242 e. The third-order valence-electron chi connectivity index (χ3n) is 2.21. The summed E-state index contributed by atoms with van der Waals surface area (Å²) >= 11 is 3.35. The van der Waals surface area contributed by atoms with Crippen molar-refractivity contribution < 1.29 is 4.79 Å². The molecule has 88 valence electrons. The fraction of sp³-hybridized carbons (Fsp3) is 0.455. The average Bonchev–Trinajstić information content (AvgIpc) is 2.24. The zero-order chi connectivity index (χ0) is 12.1. The standard InChI is InChI=1S/C11H16BrN3O/c1-3-4-9(13)11(16)15-10-6-5-8(12)7(2)14-10/h5-6,9H,3-4,13H2,1-2H3,(H,14,15,16)/t9-/m0/s1. The summed E-state index contributed by atoms with van der Waals surface area (Å²) in [6, 6.07) is 3.13.